The molecule has 3 nitrogen and oxygen atoms in total. The third-order valence-electron chi connectivity index (χ3n) is 6.02. The van der Waals surface area contributed by atoms with Crippen LogP contribution in [0.2, 0.25) is 0 Å². The molecule has 0 saturated heterocycles. The highest BCUT2D eigenvalue weighted by molar-refractivity contribution is 7.93. The van der Waals surface area contributed by atoms with Crippen molar-refractivity contribution < 1.29 is 13.5 Å². The molecule has 1 aliphatic rings. The van der Waals surface area contributed by atoms with Crippen molar-refractivity contribution >= 4 is 9.84 Å². The zero-order valence-corrected chi connectivity index (χ0v) is 17.2. The van der Waals surface area contributed by atoms with Crippen molar-refractivity contribution in [1.82, 2.24) is 0 Å². The Morgan fingerprint density at radius 3 is 1.76 bits per heavy atom. The van der Waals surface area contributed by atoms with E-state index >= 15 is 0 Å². The zero-order valence-electron chi connectivity index (χ0n) is 16.4. The van der Waals surface area contributed by atoms with Gasteiger partial charge in [0.2, 0.25) is 0 Å². The molecule has 1 aliphatic carbocycles. The van der Waals surface area contributed by atoms with Crippen LogP contribution in [0.1, 0.15) is 30.4 Å². The Labute approximate surface area is 173 Å². The van der Waals surface area contributed by atoms with Gasteiger partial charge in [-0.05, 0) is 55.4 Å². The first-order chi connectivity index (χ1) is 13.9. The van der Waals surface area contributed by atoms with Crippen molar-refractivity contribution in [2.45, 2.75) is 47.3 Å². The Bertz CT molecular complexity index is 1040. The van der Waals surface area contributed by atoms with Gasteiger partial charge in [-0.15, -0.1) is 0 Å². The summed E-state index contributed by atoms with van der Waals surface area (Å²) in [6.45, 7) is 0. The predicted molar refractivity (Wildman–Crippen MR) is 115 cm³/mol. The molecule has 3 aromatic carbocycles. The van der Waals surface area contributed by atoms with E-state index in [9.17, 15) is 13.5 Å². The largest absolute Gasteiger partial charge is 0.390 e. The molecule has 1 N–H and O–H groups in total. The number of aliphatic hydroxyl groups is 1. The minimum absolute atomic E-state index is 0.263. The summed E-state index contributed by atoms with van der Waals surface area (Å²) in [5, 5.41) is 11.1. The fourth-order valence-electron chi connectivity index (χ4n) is 4.57. The van der Waals surface area contributed by atoms with Gasteiger partial charge < -0.3 is 5.11 Å². The average molecular weight is 407 g/mol. The number of sulfone groups is 1. The summed E-state index contributed by atoms with van der Waals surface area (Å²) >= 11 is 0. The van der Waals surface area contributed by atoms with Gasteiger partial charge in [0, 0.05) is 0 Å². The fraction of sp³-hybridized carbons (Fsp3) is 0.280. The minimum Gasteiger partial charge on any atom is -0.390 e. The van der Waals surface area contributed by atoms with E-state index in [-0.39, 0.29) is 12.8 Å². The summed E-state index contributed by atoms with van der Waals surface area (Å²) < 4.78 is 26.2. The Morgan fingerprint density at radius 2 is 1.21 bits per heavy atom. The van der Waals surface area contributed by atoms with E-state index in [1.54, 1.807) is 24.3 Å². The Morgan fingerprint density at radius 1 is 0.724 bits per heavy atom. The van der Waals surface area contributed by atoms with Crippen LogP contribution in [0.5, 0.6) is 0 Å². The maximum absolute atomic E-state index is 13.6. The lowest BCUT2D eigenvalue weighted by Gasteiger charge is -2.53. The first-order valence-electron chi connectivity index (χ1n) is 10.0. The molecule has 29 heavy (non-hydrogen) atoms. The van der Waals surface area contributed by atoms with Gasteiger partial charge in [-0.1, -0.05) is 78.9 Å². The van der Waals surface area contributed by atoms with Gasteiger partial charge >= 0.3 is 0 Å². The number of hydrogen-bond donors (Lipinski definition) is 1. The maximum Gasteiger partial charge on any atom is 0.184 e. The van der Waals surface area contributed by atoms with Gasteiger partial charge in [0.1, 0.15) is 0 Å². The van der Waals surface area contributed by atoms with Crippen LogP contribution in [0.3, 0.4) is 0 Å². The van der Waals surface area contributed by atoms with E-state index < -0.39 is 20.2 Å². The predicted octanol–water partition coefficient (Wildman–Crippen LogP) is 4.60. The molecular weight excluding hydrogens is 380 g/mol. The van der Waals surface area contributed by atoms with Crippen LogP contribution in [0.4, 0.5) is 0 Å². The maximum atomic E-state index is 13.6. The standard InChI is InChI=1S/C25H26O3S/c26-24(17-16-21-10-4-1-5-11-21)19-25(20-24,18-22-12-6-2-7-13-22)29(27,28)23-14-8-3-9-15-23/h1-15,26H,16-20H2. The zero-order chi connectivity index (χ0) is 20.4. The molecule has 0 radical (unpaired) electrons. The second-order valence-electron chi connectivity index (χ2n) is 8.23. The van der Waals surface area contributed by atoms with E-state index in [1.165, 1.54) is 0 Å². The van der Waals surface area contributed by atoms with Crippen LogP contribution < -0.4 is 0 Å². The highest BCUT2D eigenvalue weighted by Gasteiger charge is 2.60. The highest BCUT2D eigenvalue weighted by Crippen LogP contribution is 2.52. The summed E-state index contributed by atoms with van der Waals surface area (Å²) in [4.78, 5) is 0.334. The van der Waals surface area contributed by atoms with Crippen molar-refractivity contribution in [3.05, 3.63) is 102 Å². The summed E-state index contributed by atoms with van der Waals surface area (Å²) in [6, 6.07) is 28.4. The van der Waals surface area contributed by atoms with Crippen LogP contribution in [-0.2, 0) is 22.7 Å². The van der Waals surface area contributed by atoms with Crippen LogP contribution in [0.15, 0.2) is 95.9 Å². The van der Waals surface area contributed by atoms with Crippen molar-refractivity contribution in [2.24, 2.45) is 0 Å². The van der Waals surface area contributed by atoms with Gasteiger partial charge in [0.15, 0.2) is 9.84 Å². The number of rotatable bonds is 7. The van der Waals surface area contributed by atoms with Crippen LogP contribution >= 0.6 is 0 Å². The average Bonchev–Trinajstić information content (AvgIpc) is 2.73. The van der Waals surface area contributed by atoms with E-state index in [2.05, 4.69) is 0 Å². The SMILES string of the molecule is O=S(=O)(c1ccccc1)C1(Cc2ccccc2)CC(O)(CCc2ccccc2)C1. The monoisotopic (exact) mass is 406 g/mol. The lowest BCUT2D eigenvalue weighted by Crippen LogP contribution is -2.62. The van der Waals surface area contributed by atoms with E-state index in [0.29, 0.717) is 17.7 Å². The molecule has 1 fully saturated rings. The molecule has 0 atom stereocenters. The van der Waals surface area contributed by atoms with E-state index in [0.717, 1.165) is 17.5 Å². The Balaban J connectivity index is 1.60. The molecule has 1 saturated carbocycles. The number of hydrogen-bond acceptors (Lipinski definition) is 3. The molecule has 0 aromatic heterocycles. The van der Waals surface area contributed by atoms with Gasteiger partial charge in [-0.2, -0.15) is 0 Å². The summed E-state index contributed by atoms with van der Waals surface area (Å²) in [5.74, 6) is 0. The van der Waals surface area contributed by atoms with Gasteiger partial charge in [-0.25, -0.2) is 8.42 Å². The molecule has 3 aromatic rings. The lowest BCUT2D eigenvalue weighted by atomic mass is 9.65. The Kier molecular flexibility index (Phi) is 5.32. The molecule has 0 unspecified atom stereocenters. The van der Waals surface area contributed by atoms with Crippen LogP contribution in [0.25, 0.3) is 0 Å². The topological polar surface area (TPSA) is 54.4 Å². The van der Waals surface area contributed by atoms with E-state index in [4.69, 9.17) is 0 Å². The lowest BCUT2D eigenvalue weighted by molar-refractivity contribution is -0.0672. The smallest absolute Gasteiger partial charge is 0.184 e. The summed E-state index contributed by atoms with van der Waals surface area (Å²) in [6.07, 6.45) is 2.25. The van der Waals surface area contributed by atoms with Crippen LogP contribution in [-0.4, -0.2) is 23.9 Å². The molecule has 150 valence electrons. The molecule has 0 heterocycles. The van der Waals surface area contributed by atoms with Gasteiger partial charge in [-0.3, -0.25) is 0 Å². The summed E-state index contributed by atoms with van der Waals surface area (Å²) in [7, 11) is -3.58. The van der Waals surface area contributed by atoms with Gasteiger partial charge in [0.25, 0.3) is 0 Å². The second-order valence-corrected chi connectivity index (χ2v) is 10.6. The molecular formula is C25H26O3S. The molecule has 4 heteroatoms. The van der Waals surface area contributed by atoms with Crippen molar-refractivity contribution in [3.63, 3.8) is 0 Å². The normalized spacial score (nSPS) is 24.0. The molecule has 0 amide bonds. The quantitative estimate of drug-likeness (QED) is 0.624. The highest BCUT2D eigenvalue weighted by atomic mass is 32.2. The summed E-state index contributed by atoms with van der Waals surface area (Å²) in [5.41, 5.74) is 1.19. The number of benzene rings is 3. The molecule has 0 aliphatic heterocycles. The van der Waals surface area contributed by atoms with E-state index in [1.807, 2.05) is 66.7 Å². The first-order valence-corrected chi connectivity index (χ1v) is 11.5. The minimum atomic E-state index is -3.58. The van der Waals surface area contributed by atoms with Crippen molar-refractivity contribution in [1.29, 1.82) is 0 Å². The number of aryl methyl sites for hydroxylation is 1. The Hall–Kier alpha value is -2.43. The third kappa shape index (κ3) is 4.00. The van der Waals surface area contributed by atoms with Crippen molar-refractivity contribution in [3.8, 4) is 0 Å². The second kappa shape index (κ2) is 7.77. The molecule has 0 spiro atoms. The van der Waals surface area contributed by atoms with Crippen LogP contribution in [0, 0.1) is 0 Å². The van der Waals surface area contributed by atoms with Gasteiger partial charge in [0.05, 0.1) is 15.2 Å². The molecule has 4 rings (SSSR count). The van der Waals surface area contributed by atoms with Crippen molar-refractivity contribution in [2.75, 3.05) is 0 Å². The molecule has 0 bridgehead atoms. The first kappa shape index (κ1) is 19.9. The fourth-order valence-corrected chi connectivity index (χ4v) is 6.86. The third-order valence-corrected chi connectivity index (χ3v) is 8.48.